The molecule has 1 heterocycles. The molecule has 1 saturated heterocycles. The average molecular weight is 360 g/mol. The second-order valence-electron chi connectivity index (χ2n) is 6.49. The maximum Gasteiger partial charge on any atom is 0.246 e. The Hall–Kier alpha value is -3.14. The first kappa shape index (κ1) is 18.6. The highest BCUT2D eigenvalue weighted by molar-refractivity contribution is 5.93. The van der Waals surface area contributed by atoms with Crippen LogP contribution in [-0.4, -0.2) is 47.8 Å². The molecule has 0 spiro atoms. The van der Waals surface area contributed by atoms with E-state index in [4.69, 9.17) is 0 Å². The molecule has 0 radical (unpaired) electrons. The van der Waals surface area contributed by atoms with Crippen molar-refractivity contribution in [2.75, 3.05) is 26.2 Å². The van der Waals surface area contributed by atoms with Crippen molar-refractivity contribution in [2.24, 2.45) is 0 Å². The van der Waals surface area contributed by atoms with Crippen molar-refractivity contribution in [3.8, 4) is 0 Å². The van der Waals surface area contributed by atoms with E-state index in [1.165, 1.54) is 0 Å². The van der Waals surface area contributed by atoms with Crippen LogP contribution in [0, 0.1) is 0 Å². The van der Waals surface area contributed by atoms with E-state index < -0.39 is 0 Å². The monoisotopic (exact) mass is 360 g/mol. The first-order valence-corrected chi connectivity index (χ1v) is 9.26. The number of hydrogen-bond acceptors (Lipinski definition) is 2. The highest BCUT2D eigenvalue weighted by atomic mass is 16.2. The smallest absolute Gasteiger partial charge is 0.246 e. The van der Waals surface area contributed by atoms with Gasteiger partial charge >= 0.3 is 0 Å². The van der Waals surface area contributed by atoms with Crippen LogP contribution >= 0.6 is 0 Å². The quantitative estimate of drug-likeness (QED) is 0.784. The average Bonchev–Trinajstić information content (AvgIpc) is 2.98. The molecule has 0 N–H and O–H groups in total. The summed E-state index contributed by atoms with van der Waals surface area (Å²) in [5.41, 5.74) is 2.01. The minimum absolute atomic E-state index is 0.00650. The second-order valence-corrected chi connectivity index (χ2v) is 6.49. The van der Waals surface area contributed by atoms with Crippen LogP contribution < -0.4 is 0 Å². The Morgan fingerprint density at radius 1 is 0.630 bits per heavy atom. The van der Waals surface area contributed by atoms with E-state index in [2.05, 4.69) is 0 Å². The zero-order chi connectivity index (χ0) is 18.9. The second kappa shape index (κ2) is 9.53. The number of benzene rings is 2. The zero-order valence-corrected chi connectivity index (χ0v) is 15.3. The summed E-state index contributed by atoms with van der Waals surface area (Å²) in [5.74, 6) is -0.0130. The molecular formula is C23H24N2O2. The predicted octanol–water partition coefficient (Wildman–Crippen LogP) is 3.47. The van der Waals surface area contributed by atoms with Crippen LogP contribution in [0.15, 0.2) is 72.8 Å². The molecule has 4 nitrogen and oxygen atoms in total. The molecule has 4 heteroatoms. The molecule has 0 atom stereocenters. The SMILES string of the molecule is O=C(/C=C\c1ccccc1)N1CCCN(C(=O)/C=C/c2ccccc2)CC1. The van der Waals surface area contributed by atoms with Crippen molar-refractivity contribution in [3.63, 3.8) is 0 Å². The van der Waals surface area contributed by atoms with E-state index in [1.54, 1.807) is 12.2 Å². The largest absolute Gasteiger partial charge is 0.337 e. The molecular weight excluding hydrogens is 336 g/mol. The van der Waals surface area contributed by atoms with E-state index in [1.807, 2.05) is 82.6 Å². The van der Waals surface area contributed by atoms with Crippen LogP contribution in [0.5, 0.6) is 0 Å². The third-order valence-electron chi connectivity index (χ3n) is 4.56. The molecule has 2 aromatic carbocycles. The van der Waals surface area contributed by atoms with E-state index in [0.717, 1.165) is 17.5 Å². The Labute approximate surface area is 160 Å². The summed E-state index contributed by atoms with van der Waals surface area (Å²) in [5, 5.41) is 0. The molecule has 1 aliphatic rings. The van der Waals surface area contributed by atoms with Crippen LogP contribution in [-0.2, 0) is 9.59 Å². The molecule has 3 rings (SSSR count). The molecule has 0 aromatic heterocycles. The number of amides is 2. The van der Waals surface area contributed by atoms with Crippen LogP contribution in [0.3, 0.4) is 0 Å². The van der Waals surface area contributed by atoms with Crippen LogP contribution in [0.2, 0.25) is 0 Å². The molecule has 0 bridgehead atoms. The Morgan fingerprint density at radius 3 is 1.44 bits per heavy atom. The van der Waals surface area contributed by atoms with Crippen LogP contribution in [0.4, 0.5) is 0 Å². The van der Waals surface area contributed by atoms with Crippen molar-refractivity contribution < 1.29 is 9.59 Å². The van der Waals surface area contributed by atoms with E-state index in [0.29, 0.717) is 26.2 Å². The van der Waals surface area contributed by atoms with Gasteiger partial charge in [-0.05, 0) is 29.7 Å². The number of carbonyl (C=O) groups excluding carboxylic acids is 2. The summed E-state index contributed by atoms with van der Waals surface area (Å²) < 4.78 is 0. The lowest BCUT2D eigenvalue weighted by molar-refractivity contribution is -0.128. The van der Waals surface area contributed by atoms with Crippen molar-refractivity contribution in [2.45, 2.75) is 6.42 Å². The van der Waals surface area contributed by atoms with Gasteiger partial charge in [0.2, 0.25) is 11.8 Å². The van der Waals surface area contributed by atoms with Crippen molar-refractivity contribution in [1.29, 1.82) is 0 Å². The lowest BCUT2D eigenvalue weighted by Crippen LogP contribution is -2.36. The molecule has 1 fully saturated rings. The highest BCUT2D eigenvalue weighted by Crippen LogP contribution is 2.08. The van der Waals surface area contributed by atoms with Gasteiger partial charge in [0.15, 0.2) is 0 Å². The summed E-state index contributed by atoms with van der Waals surface area (Å²) in [4.78, 5) is 28.5. The Morgan fingerprint density at radius 2 is 1.04 bits per heavy atom. The van der Waals surface area contributed by atoms with Gasteiger partial charge in [-0.1, -0.05) is 60.7 Å². The normalized spacial score (nSPS) is 15.3. The number of nitrogens with zero attached hydrogens (tertiary/aromatic N) is 2. The fourth-order valence-corrected chi connectivity index (χ4v) is 3.03. The zero-order valence-electron chi connectivity index (χ0n) is 15.3. The Bertz CT molecular complexity index is 743. The standard InChI is InChI=1S/C23H24N2O2/c26-22(14-12-20-8-3-1-4-9-20)24-16-7-17-25(19-18-24)23(27)15-13-21-10-5-2-6-11-21/h1-6,8-15H,7,16-19H2/b14-12-,15-13+. The van der Waals surface area contributed by atoms with E-state index in [9.17, 15) is 9.59 Å². The molecule has 0 unspecified atom stereocenters. The lowest BCUT2D eigenvalue weighted by atomic mass is 10.2. The molecule has 2 amide bonds. The van der Waals surface area contributed by atoms with Gasteiger partial charge in [-0.15, -0.1) is 0 Å². The maximum atomic E-state index is 12.4. The van der Waals surface area contributed by atoms with Gasteiger partial charge in [-0.2, -0.15) is 0 Å². The van der Waals surface area contributed by atoms with Crippen molar-refractivity contribution in [1.82, 2.24) is 9.80 Å². The number of hydrogen-bond donors (Lipinski definition) is 0. The molecule has 0 aliphatic carbocycles. The molecule has 2 aromatic rings. The summed E-state index contributed by atoms with van der Waals surface area (Å²) >= 11 is 0. The number of carbonyl (C=O) groups is 2. The minimum atomic E-state index is -0.00650. The number of rotatable bonds is 4. The lowest BCUT2D eigenvalue weighted by Gasteiger charge is -2.20. The molecule has 1 aliphatic heterocycles. The minimum Gasteiger partial charge on any atom is -0.337 e. The summed E-state index contributed by atoms with van der Waals surface area (Å²) in [6.45, 7) is 2.46. The first-order valence-electron chi connectivity index (χ1n) is 9.26. The van der Waals surface area contributed by atoms with E-state index >= 15 is 0 Å². The van der Waals surface area contributed by atoms with Crippen molar-refractivity contribution >= 4 is 24.0 Å². The topological polar surface area (TPSA) is 40.6 Å². The van der Waals surface area contributed by atoms with Gasteiger partial charge in [-0.25, -0.2) is 0 Å². The van der Waals surface area contributed by atoms with Gasteiger partial charge in [0, 0.05) is 38.3 Å². The van der Waals surface area contributed by atoms with Gasteiger partial charge < -0.3 is 9.80 Å². The van der Waals surface area contributed by atoms with Crippen molar-refractivity contribution in [3.05, 3.63) is 83.9 Å². The Balaban J connectivity index is 1.53. The third-order valence-corrected chi connectivity index (χ3v) is 4.56. The predicted molar refractivity (Wildman–Crippen MR) is 109 cm³/mol. The van der Waals surface area contributed by atoms with Gasteiger partial charge in [0.05, 0.1) is 0 Å². The van der Waals surface area contributed by atoms with Crippen LogP contribution in [0.25, 0.3) is 12.2 Å². The van der Waals surface area contributed by atoms with Gasteiger partial charge in [0.1, 0.15) is 0 Å². The van der Waals surface area contributed by atoms with Crippen LogP contribution in [0.1, 0.15) is 17.5 Å². The van der Waals surface area contributed by atoms with Gasteiger partial charge in [0.25, 0.3) is 0 Å². The molecule has 0 saturated carbocycles. The fourth-order valence-electron chi connectivity index (χ4n) is 3.03. The summed E-state index contributed by atoms with van der Waals surface area (Å²) in [6, 6.07) is 19.5. The summed E-state index contributed by atoms with van der Waals surface area (Å²) in [6.07, 6.45) is 7.68. The maximum absolute atomic E-state index is 12.4. The summed E-state index contributed by atoms with van der Waals surface area (Å²) in [7, 11) is 0. The van der Waals surface area contributed by atoms with Gasteiger partial charge in [-0.3, -0.25) is 9.59 Å². The third kappa shape index (κ3) is 5.68. The highest BCUT2D eigenvalue weighted by Gasteiger charge is 2.19. The fraction of sp³-hybridized carbons (Fsp3) is 0.217. The first-order chi connectivity index (χ1) is 13.2. The Kier molecular flexibility index (Phi) is 6.58. The van der Waals surface area contributed by atoms with E-state index in [-0.39, 0.29) is 11.8 Å². The molecule has 27 heavy (non-hydrogen) atoms. The molecule has 138 valence electrons.